The Kier molecular flexibility index (Phi) is 7.41. The summed E-state index contributed by atoms with van der Waals surface area (Å²) in [6.45, 7) is 6.06. The topological polar surface area (TPSA) is 84.6 Å². The molecule has 0 fully saturated rings. The normalized spacial score (nSPS) is 12.7. The number of aryl methyl sites for hydroxylation is 1. The Morgan fingerprint density at radius 1 is 1.48 bits per heavy atom. The average molecular weight is 385 g/mol. The van der Waals surface area contributed by atoms with Gasteiger partial charge in [0.2, 0.25) is 0 Å². The fourth-order valence-corrected chi connectivity index (χ4v) is 3.03. The summed E-state index contributed by atoms with van der Waals surface area (Å²) in [5.74, 6) is 0.0333. The standard InChI is InChI=1S/C16H26BBrN2O3/c1-16(2,3)23-15(22)20-9-11(17)13-12(18)7-6-10(14(13)19)5-4-8-21/h6-7,11,21H,4-5,8-9,17,19H2,1-3H3,(H,20,22). The molecule has 0 spiro atoms. The molecule has 0 aliphatic carbocycles. The van der Waals surface area contributed by atoms with Crippen molar-refractivity contribution in [2.24, 2.45) is 0 Å². The summed E-state index contributed by atoms with van der Waals surface area (Å²) in [6, 6.07) is 3.93. The van der Waals surface area contributed by atoms with Gasteiger partial charge in [-0.15, -0.1) is 0 Å². The number of halogens is 1. The van der Waals surface area contributed by atoms with Gasteiger partial charge < -0.3 is 20.9 Å². The highest BCUT2D eigenvalue weighted by Gasteiger charge is 2.19. The molecule has 128 valence electrons. The van der Waals surface area contributed by atoms with E-state index in [1.807, 2.05) is 40.8 Å². The lowest BCUT2D eigenvalue weighted by Crippen LogP contribution is -2.35. The molecule has 0 saturated carbocycles. The Hall–Kier alpha value is -1.21. The van der Waals surface area contributed by atoms with Gasteiger partial charge in [0.25, 0.3) is 0 Å². The number of nitrogen functional groups attached to an aromatic ring is 1. The minimum absolute atomic E-state index is 0.0333. The average Bonchev–Trinajstić information content (AvgIpc) is 2.42. The largest absolute Gasteiger partial charge is 0.444 e. The van der Waals surface area contributed by atoms with Gasteiger partial charge in [-0.25, -0.2) is 4.79 Å². The van der Waals surface area contributed by atoms with Gasteiger partial charge in [0.1, 0.15) is 13.4 Å². The lowest BCUT2D eigenvalue weighted by atomic mass is 9.79. The molecule has 0 aliphatic rings. The van der Waals surface area contributed by atoms with Crippen LogP contribution in [0.4, 0.5) is 10.5 Å². The summed E-state index contributed by atoms with van der Waals surface area (Å²) < 4.78 is 6.16. The van der Waals surface area contributed by atoms with E-state index in [0.717, 1.165) is 22.0 Å². The molecule has 0 saturated heterocycles. The van der Waals surface area contributed by atoms with Crippen LogP contribution in [0, 0.1) is 0 Å². The zero-order valence-electron chi connectivity index (χ0n) is 14.3. The summed E-state index contributed by atoms with van der Waals surface area (Å²) in [7, 11) is 2.00. The molecule has 1 aromatic rings. The van der Waals surface area contributed by atoms with Crippen LogP contribution in [0.1, 0.15) is 44.1 Å². The molecular weight excluding hydrogens is 359 g/mol. The predicted molar refractivity (Wildman–Crippen MR) is 99.5 cm³/mol. The number of carbonyl (C=O) groups is 1. The molecule has 1 aromatic carbocycles. The fraction of sp³-hybridized carbons (Fsp3) is 0.562. The minimum Gasteiger partial charge on any atom is -0.444 e. The van der Waals surface area contributed by atoms with Gasteiger partial charge in [0.05, 0.1) is 0 Å². The van der Waals surface area contributed by atoms with Crippen molar-refractivity contribution in [2.75, 3.05) is 18.9 Å². The number of ether oxygens (including phenoxy) is 1. The molecule has 0 heterocycles. The van der Waals surface area contributed by atoms with Crippen LogP contribution in [-0.2, 0) is 11.2 Å². The maximum atomic E-state index is 11.8. The second-order valence-electron chi connectivity index (χ2n) is 6.64. The van der Waals surface area contributed by atoms with Crippen LogP contribution in [0.2, 0.25) is 0 Å². The molecular formula is C16H26BBrN2O3. The molecule has 0 aliphatic heterocycles. The highest BCUT2D eigenvalue weighted by Crippen LogP contribution is 2.32. The van der Waals surface area contributed by atoms with Crippen molar-refractivity contribution in [3.63, 3.8) is 0 Å². The van der Waals surface area contributed by atoms with Crippen molar-refractivity contribution in [3.05, 3.63) is 27.7 Å². The molecule has 7 heteroatoms. The van der Waals surface area contributed by atoms with E-state index >= 15 is 0 Å². The van der Waals surface area contributed by atoms with Gasteiger partial charge in [-0.2, -0.15) is 0 Å². The lowest BCUT2D eigenvalue weighted by molar-refractivity contribution is 0.0527. The van der Waals surface area contributed by atoms with Gasteiger partial charge >= 0.3 is 6.09 Å². The van der Waals surface area contributed by atoms with Crippen molar-refractivity contribution in [1.82, 2.24) is 5.32 Å². The Morgan fingerprint density at radius 3 is 2.70 bits per heavy atom. The third kappa shape index (κ3) is 6.43. The van der Waals surface area contributed by atoms with E-state index < -0.39 is 11.7 Å². The molecule has 1 amide bonds. The number of nitrogens with one attached hydrogen (secondary N) is 1. The van der Waals surface area contributed by atoms with E-state index in [1.54, 1.807) is 0 Å². The molecule has 1 rings (SSSR count). The zero-order valence-corrected chi connectivity index (χ0v) is 15.9. The summed E-state index contributed by atoms with van der Waals surface area (Å²) in [5, 5.41) is 11.8. The number of anilines is 1. The van der Waals surface area contributed by atoms with Gasteiger partial charge in [-0.1, -0.05) is 22.0 Å². The molecule has 0 radical (unpaired) electrons. The molecule has 0 aromatic heterocycles. The maximum Gasteiger partial charge on any atom is 0.407 e. The van der Waals surface area contributed by atoms with Crippen LogP contribution in [0.5, 0.6) is 0 Å². The summed E-state index contributed by atoms with van der Waals surface area (Å²) >= 11 is 3.53. The Morgan fingerprint density at radius 2 is 2.13 bits per heavy atom. The second-order valence-corrected chi connectivity index (χ2v) is 7.50. The van der Waals surface area contributed by atoms with E-state index in [4.69, 9.17) is 15.6 Å². The molecule has 5 nitrogen and oxygen atoms in total. The predicted octanol–water partition coefficient (Wildman–Crippen LogP) is 2.16. The molecule has 1 unspecified atom stereocenters. The monoisotopic (exact) mass is 384 g/mol. The number of rotatable bonds is 6. The Balaban J connectivity index is 2.79. The maximum absolute atomic E-state index is 11.8. The number of aliphatic hydroxyl groups is 1. The number of aliphatic hydroxyl groups excluding tert-OH is 1. The highest BCUT2D eigenvalue weighted by atomic mass is 79.9. The van der Waals surface area contributed by atoms with Gasteiger partial charge in [-0.05, 0) is 56.6 Å². The first-order valence-corrected chi connectivity index (χ1v) is 8.59. The van der Waals surface area contributed by atoms with Crippen molar-refractivity contribution >= 4 is 35.6 Å². The van der Waals surface area contributed by atoms with Crippen LogP contribution >= 0.6 is 15.9 Å². The Labute approximate surface area is 147 Å². The number of amides is 1. The molecule has 23 heavy (non-hydrogen) atoms. The van der Waals surface area contributed by atoms with E-state index in [-0.39, 0.29) is 12.4 Å². The first-order chi connectivity index (χ1) is 10.7. The van der Waals surface area contributed by atoms with E-state index in [9.17, 15) is 4.79 Å². The molecule has 1 atom stereocenters. The first-order valence-electron chi connectivity index (χ1n) is 7.80. The van der Waals surface area contributed by atoms with Crippen LogP contribution in [0.15, 0.2) is 16.6 Å². The zero-order chi connectivity index (χ0) is 17.6. The van der Waals surface area contributed by atoms with Crippen LogP contribution in [0.25, 0.3) is 0 Å². The van der Waals surface area contributed by atoms with Gasteiger partial charge in [-0.3, -0.25) is 0 Å². The smallest absolute Gasteiger partial charge is 0.407 e. The second kappa shape index (κ2) is 8.59. The molecule has 0 bridgehead atoms. The summed E-state index contributed by atoms with van der Waals surface area (Å²) in [6.07, 6.45) is 0.973. The Bertz CT molecular complexity index is 547. The minimum atomic E-state index is -0.517. The lowest BCUT2D eigenvalue weighted by Gasteiger charge is -2.22. The van der Waals surface area contributed by atoms with Crippen LogP contribution in [-0.4, -0.2) is 37.8 Å². The third-order valence-corrected chi connectivity index (χ3v) is 4.06. The number of alkyl carbamates (subject to hydrolysis) is 1. The summed E-state index contributed by atoms with van der Waals surface area (Å²) in [5.41, 5.74) is 8.46. The SMILES string of the molecule is BC(CNC(=O)OC(C)(C)C)c1c(Br)ccc(CCCO)c1N. The number of carbonyl (C=O) groups excluding carboxylic acids is 1. The molecule has 4 N–H and O–H groups in total. The van der Waals surface area contributed by atoms with Gasteiger partial charge in [0, 0.05) is 23.3 Å². The van der Waals surface area contributed by atoms with Crippen molar-refractivity contribution < 1.29 is 14.6 Å². The van der Waals surface area contributed by atoms with Crippen LogP contribution < -0.4 is 11.1 Å². The third-order valence-electron chi connectivity index (χ3n) is 3.37. The quantitative estimate of drug-likeness (QED) is 0.518. The summed E-state index contributed by atoms with van der Waals surface area (Å²) in [4.78, 5) is 11.8. The van der Waals surface area contributed by atoms with E-state index in [1.165, 1.54) is 0 Å². The number of hydrogen-bond acceptors (Lipinski definition) is 4. The van der Waals surface area contributed by atoms with Crippen molar-refractivity contribution in [1.29, 1.82) is 0 Å². The van der Waals surface area contributed by atoms with Crippen molar-refractivity contribution in [3.8, 4) is 0 Å². The van der Waals surface area contributed by atoms with E-state index in [0.29, 0.717) is 18.7 Å². The van der Waals surface area contributed by atoms with Crippen LogP contribution in [0.3, 0.4) is 0 Å². The van der Waals surface area contributed by atoms with Gasteiger partial charge in [0.15, 0.2) is 0 Å². The first kappa shape index (κ1) is 19.8. The highest BCUT2D eigenvalue weighted by molar-refractivity contribution is 9.10. The van der Waals surface area contributed by atoms with E-state index in [2.05, 4.69) is 21.2 Å². The fourth-order valence-electron chi connectivity index (χ4n) is 2.30. The van der Waals surface area contributed by atoms with Crippen molar-refractivity contribution in [2.45, 2.75) is 45.0 Å². The number of nitrogens with two attached hydrogens (primary N) is 1. The number of benzene rings is 1. The number of hydrogen-bond donors (Lipinski definition) is 3.